The number of alkyl halides is 3. The number of nitrogens with one attached hydrogen (secondary N) is 1. The molecule has 33 heavy (non-hydrogen) atoms. The van der Waals surface area contributed by atoms with Gasteiger partial charge in [0.15, 0.2) is 0 Å². The lowest BCUT2D eigenvalue weighted by Crippen LogP contribution is -2.34. The first kappa shape index (κ1) is 21.9. The number of hydrogen-bond donors (Lipinski definition) is 1. The van der Waals surface area contributed by atoms with E-state index in [0.29, 0.717) is 24.0 Å². The van der Waals surface area contributed by atoms with Crippen molar-refractivity contribution < 1.29 is 13.2 Å². The Morgan fingerprint density at radius 3 is 2.67 bits per heavy atom. The molecule has 2 heterocycles. The molecule has 4 nitrogen and oxygen atoms in total. The quantitative estimate of drug-likeness (QED) is 0.439. The van der Waals surface area contributed by atoms with Crippen molar-refractivity contribution in [3.8, 4) is 0 Å². The van der Waals surface area contributed by atoms with E-state index in [1.807, 2.05) is 30.3 Å². The second-order valence-corrected chi connectivity index (χ2v) is 9.45. The number of nitrogens with zero attached hydrogens (tertiary/aromatic N) is 2. The van der Waals surface area contributed by atoms with Crippen molar-refractivity contribution in [2.45, 2.75) is 44.6 Å². The van der Waals surface area contributed by atoms with E-state index < -0.39 is 11.7 Å². The summed E-state index contributed by atoms with van der Waals surface area (Å²) in [5.41, 5.74) is 2.08. The van der Waals surface area contributed by atoms with Gasteiger partial charge in [-0.2, -0.15) is 13.2 Å². The van der Waals surface area contributed by atoms with E-state index in [0.717, 1.165) is 46.2 Å². The van der Waals surface area contributed by atoms with Gasteiger partial charge in [-0.3, -0.25) is 9.36 Å². The fourth-order valence-corrected chi connectivity index (χ4v) is 5.65. The minimum Gasteiger partial charge on any atom is -0.310 e. The lowest BCUT2D eigenvalue weighted by atomic mass is 9.93. The van der Waals surface area contributed by atoms with Crippen molar-refractivity contribution in [3.63, 3.8) is 0 Å². The maximum Gasteiger partial charge on any atom is 0.416 e. The summed E-state index contributed by atoms with van der Waals surface area (Å²) in [4.78, 5) is 19.6. The molecule has 0 amide bonds. The first-order valence-corrected chi connectivity index (χ1v) is 11.6. The molecule has 0 fully saturated rings. The second-order valence-electron chi connectivity index (χ2n) is 8.37. The summed E-state index contributed by atoms with van der Waals surface area (Å²) in [6, 6.07) is 15.4. The zero-order valence-corrected chi connectivity index (χ0v) is 18.5. The van der Waals surface area contributed by atoms with Crippen LogP contribution >= 0.6 is 11.3 Å². The Bertz CT molecular complexity index is 1340. The van der Waals surface area contributed by atoms with Crippen LogP contribution in [0.15, 0.2) is 65.7 Å². The van der Waals surface area contributed by atoms with E-state index in [2.05, 4.69) is 10.3 Å². The molecular formula is C25H22F3N3OS. The van der Waals surface area contributed by atoms with Crippen molar-refractivity contribution in [2.75, 3.05) is 0 Å². The third-order valence-electron chi connectivity index (χ3n) is 6.08. The number of halogens is 3. The van der Waals surface area contributed by atoms with Gasteiger partial charge in [0, 0.05) is 17.5 Å². The Balaban J connectivity index is 1.33. The van der Waals surface area contributed by atoms with Crippen LogP contribution in [-0.4, -0.2) is 15.6 Å². The highest BCUT2D eigenvalue weighted by atomic mass is 32.1. The van der Waals surface area contributed by atoms with E-state index in [1.165, 1.54) is 12.1 Å². The van der Waals surface area contributed by atoms with Crippen molar-refractivity contribution in [1.29, 1.82) is 0 Å². The van der Waals surface area contributed by atoms with Crippen molar-refractivity contribution in [1.82, 2.24) is 14.9 Å². The smallest absolute Gasteiger partial charge is 0.310 e. The summed E-state index contributed by atoms with van der Waals surface area (Å²) in [7, 11) is 0. The van der Waals surface area contributed by atoms with Crippen LogP contribution in [0.3, 0.4) is 0 Å². The number of aromatic nitrogens is 2. The molecule has 2 aromatic carbocycles. The lowest BCUT2D eigenvalue weighted by Gasteiger charge is -2.23. The SMILES string of the molecule is O=c1c2c3c(sc2ncn1Cc1ccccc1)C[C@@H](NCc1cccc(C(F)(F)F)c1)CC3. The average molecular weight is 470 g/mol. The number of hydrogen-bond acceptors (Lipinski definition) is 4. The van der Waals surface area contributed by atoms with Gasteiger partial charge in [-0.05, 0) is 42.0 Å². The molecule has 5 rings (SSSR count). The molecule has 0 radical (unpaired) electrons. The predicted octanol–water partition coefficient (Wildman–Crippen LogP) is 5.17. The first-order chi connectivity index (χ1) is 15.9. The normalized spacial score (nSPS) is 16.2. The lowest BCUT2D eigenvalue weighted by molar-refractivity contribution is -0.137. The summed E-state index contributed by atoms with van der Waals surface area (Å²) in [6.07, 6.45) is -0.406. The van der Waals surface area contributed by atoms with Crippen molar-refractivity contribution in [3.05, 3.63) is 98.4 Å². The Morgan fingerprint density at radius 1 is 1.09 bits per heavy atom. The van der Waals surface area contributed by atoms with Crippen molar-refractivity contribution >= 4 is 21.6 Å². The topological polar surface area (TPSA) is 46.9 Å². The van der Waals surface area contributed by atoms with Gasteiger partial charge >= 0.3 is 6.18 Å². The fraction of sp³-hybridized carbons (Fsp3) is 0.280. The Hall–Kier alpha value is -2.97. The highest BCUT2D eigenvalue weighted by Gasteiger charge is 2.30. The number of fused-ring (bicyclic) bond motifs is 3. The summed E-state index contributed by atoms with van der Waals surface area (Å²) in [5.74, 6) is 0. The predicted molar refractivity (Wildman–Crippen MR) is 124 cm³/mol. The van der Waals surface area contributed by atoms with Gasteiger partial charge in [0.1, 0.15) is 4.83 Å². The van der Waals surface area contributed by atoms with E-state index in [9.17, 15) is 18.0 Å². The molecule has 1 atom stereocenters. The molecule has 4 aromatic rings. The van der Waals surface area contributed by atoms with Crippen LogP contribution in [-0.2, 0) is 32.1 Å². The van der Waals surface area contributed by atoms with Gasteiger partial charge in [0.25, 0.3) is 5.56 Å². The van der Waals surface area contributed by atoms with Crippen LogP contribution in [0, 0.1) is 0 Å². The molecule has 170 valence electrons. The van der Waals surface area contributed by atoms with Crippen LogP contribution in [0.25, 0.3) is 10.2 Å². The van der Waals surface area contributed by atoms with Gasteiger partial charge in [-0.15, -0.1) is 11.3 Å². The summed E-state index contributed by atoms with van der Waals surface area (Å²) >= 11 is 1.55. The molecule has 0 spiro atoms. The van der Waals surface area contributed by atoms with Gasteiger partial charge in [0.2, 0.25) is 0 Å². The fourth-order valence-electron chi connectivity index (χ4n) is 4.39. The summed E-state index contributed by atoms with van der Waals surface area (Å²) in [5, 5.41) is 4.11. The number of thiophene rings is 1. The molecular weight excluding hydrogens is 447 g/mol. The monoisotopic (exact) mass is 469 g/mol. The largest absolute Gasteiger partial charge is 0.416 e. The number of aryl methyl sites for hydroxylation is 1. The van der Waals surface area contributed by atoms with Crippen LogP contribution in [0.5, 0.6) is 0 Å². The molecule has 8 heteroatoms. The molecule has 0 bridgehead atoms. The summed E-state index contributed by atoms with van der Waals surface area (Å²) < 4.78 is 40.5. The molecule has 0 aliphatic heterocycles. The highest BCUT2D eigenvalue weighted by Crippen LogP contribution is 2.34. The maximum absolute atomic E-state index is 13.2. The van der Waals surface area contributed by atoms with E-state index >= 15 is 0 Å². The minimum atomic E-state index is -4.34. The van der Waals surface area contributed by atoms with Crippen LogP contribution in [0.4, 0.5) is 13.2 Å². The number of benzene rings is 2. The average Bonchev–Trinajstić information content (AvgIpc) is 3.18. The molecule has 0 saturated carbocycles. The van der Waals surface area contributed by atoms with Crippen LogP contribution in [0.2, 0.25) is 0 Å². The molecule has 2 aromatic heterocycles. The standard InChI is InChI=1S/C25H22F3N3OS/c26-25(27,28)18-8-4-7-17(11-18)13-29-19-9-10-20-21(12-19)33-23-22(20)24(32)31(15-30-23)14-16-5-2-1-3-6-16/h1-8,11,15,19,29H,9-10,12-14H2/t19-/m0/s1. The molecule has 1 aliphatic rings. The Labute approximate surface area is 192 Å². The molecule has 1 aliphatic carbocycles. The van der Waals surface area contributed by atoms with E-state index in [1.54, 1.807) is 28.3 Å². The Morgan fingerprint density at radius 2 is 1.88 bits per heavy atom. The Kier molecular flexibility index (Phi) is 5.80. The number of rotatable bonds is 5. The molecule has 0 unspecified atom stereocenters. The maximum atomic E-state index is 13.2. The minimum absolute atomic E-state index is 0.0169. The van der Waals surface area contributed by atoms with Crippen LogP contribution < -0.4 is 10.9 Å². The molecule has 0 saturated heterocycles. The van der Waals surface area contributed by atoms with Crippen LogP contribution in [0.1, 0.15) is 33.6 Å². The van der Waals surface area contributed by atoms with Gasteiger partial charge in [-0.1, -0.05) is 48.5 Å². The van der Waals surface area contributed by atoms with Gasteiger partial charge in [0.05, 0.1) is 23.8 Å². The highest BCUT2D eigenvalue weighted by molar-refractivity contribution is 7.18. The summed E-state index contributed by atoms with van der Waals surface area (Å²) in [6.45, 7) is 0.853. The van der Waals surface area contributed by atoms with Gasteiger partial charge in [-0.25, -0.2) is 4.98 Å². The van der Waals surface area contributed by atoms with Gasteiger partial charge < -0.3 is 5.32 Å². The van der Waals surface area contributed by atoms with E-state index in [4.69, 9.17) is 0 Å². The third kappa shape index (κ3) is 4.58. The zero-order valence-electron chi connectivity index (χ0n) is 17.7. The zero-order chi connectivity index (χ0) is 23.0. The van der Waals surface area contributed by atoms with E-state index in [-0.39, 0.29) is 11.6 Å². The first-order valence-electron chi connectivity index (χ1n) is 10.8. The third-order valence-corrected chi connectivity index (χ3v) is 7.24. The second kappa shape index (κ2) is 8.76. The molecule has 1 N–H and O–H groups in total. The van der Waals surface area contributed by atoms with Crippen molar-refractivity contribution in [2.24, 2.45) is 0 Å².